The Morgan fingerprint density at radius 2 is 2.12 bits per heavy atom. The van der Waals surface area contributed by atoms with Crippen molar-refractivity contribution in [2.75, 3.05) is 19.6 Å². The van der Waals surface area contributed by atoms with Crippen LogP contribution < -0.4 is 0 Å². The second-order valence-corrected chi connectivity index (χ2v) is 7.79. The molecule has 0 saturated carbocycles. The normalized spacial score (nSPS) is 25.1. The zero-order valence-corrected chi connectivity index (χ0v) is 15.0. The van der Waals surface area contributed by atoms with Gasteiger partial charge in [0.2, 0.25) is 5.91 Å². The number of fused-ring (bicyclic) bond motifs is 5. The maximum atomic E-state index is 13.1. The topological polar surface area (TPSA) is 69.3 Å². The van der Waals surface area contributed by atoms with Crippen LogP contribution in [0.15, 0.2) is 11.6 Å². The molecule has 3 saturated heterocycles. The Kier molecular flexibility index (Phi) is 4.13. The van der Waals surface area contributed by atoms with E-state index in [1.165, 1.54) is 5.57 Å². The van der Waals surface area contributed by atoms with Crippen molar-refractivity contribution in [1.29, 1.82) is 0 Å². The third-order valence-electron chi connectivity index (χ3n) is 5.79. The predicted molar refractivity (Wildman–Crippen MR) is 94.2 cm³/mol. The number of aromatic nitrogens is 2. The first-order valence-electron chi connectivity index (χ1n) is 9.34. The van der Waals surface area contributed by atoms with E-state index in [1.807, 2.05) is 9.80 Å². The monoisotopic (exact) mass is 342 g/mol. The van der Waals surface area contributed by atoms with Crippen LogP contribution in [0.4, 0.5) is 0 Å². The van der Waals surface area contributed by atoms with Crippen molar-refractivity contribution in [1.82, 2.24) is 20.0 Å². The highest BCUT2D eigenvalue weighted by molar-refractivity contribution is 5.95. The molecular formula is C19H26N4O2. The van der Waals surface area contributed by atoms with E-state index in [-0.39, 0.29) is 23.8 Å². The zero-order valence-electron chi connectivity index (χ0n) is 15.0. The maximum Gasteiger partial charge on any atom is 0.274 e. The summed E-state index contributed by atoms with van der Waals surface area (Å²) < 4.78 is 0. The maximum absolute atomic E-state index is 13.1. The fraction of sp³-hybridized carbons (Fsp3) is 0.632. The molecule has 3 fully saturated rings. The Morgan fingerprint density at radius 3 is 2.92 bits per heavy atom. The van der Waals surface area contributed by atoms with Crippen LogP contribution in [0.25, 0.3) is 0 Å². The van der Waals surface area contributed by atoms with Crippen molar-refractivity contribution >= 4 is 11.8 Å². The van der Waals surface area contributed by atoms with Crippen LogP contribution in [0, 0.1) is 5.92 Å². The molecule has 0 spiro atoms. The summed E-state index contributed by atoms with van der Waals surface area (Å²) in [5.74, 6) is 0.129. The van der Waals surface area contributed by atoms with Gasteiger partial charge >= 0.3 is 0 Å². The highest BCUT2D eigenvalue weighted by atomic mass is 16.2. The van der Waals surface area contributed by atoms with Crippen molar-refractivity contribution in [3.05, 3.63) is 28.6 Å². The van der Waals surface area contributed by atoms with E-state index in [0.717, 1.165) is 43.4 Å². The van der Waals surface area contributed by atoms with Crippen LogP contribution in [-0.4, -0.2) is 57.5 Å². The van der Waals surface area contributed by atoms with Gasteiger partial charge in [0.05, 0.1) is 5.92 Å². The summed E-state index contributed by atoms with van der Waals surface area (Å²) in [5, 5.41) is 7.31. The minimum atomic E-state index is -0.0692. The molecule has 25 heavy (non-hydrogen) atoms. The first-order chi connectivity index (χ1) is 12.0. The largest absolute Gasteiger partial charge is 0.334 e. The van der Waals surface area contributed by atoms with Crippen molar-refractivity contribution in [3.8, 4) is 0 Å². The summed E-state index contributed by atoms with van der Waals surface area (Å²) in [4.78, 5) is 29.7. The number of hydrogen-bond donors (Lipinski definition) is 1. The quantitative estimate of drug-likeness (QED) is 0.854. The summed E-state index contributed by atoms with van der Waals surface area (Å²) in [5.41, 5.74) is 4.00. The van der Waals surface area contributed by atoms with Crippen LogP contribution in [0.3, 0.4) is 0 Å². The average molecular weight is 342 g/mol. The lowest BCUT2D eigenvalue weighted by Crippen LogP contribution is -2.48. The van der Waals surface area contributed by atoms with Gasteiger partial charge in [-0.1, -0.05) is 11.6 Å². The van der Waals surface area contributed by atoms with Gasteiger partial charge in [-0.15, -0.1) is 0 Å². The number of hydrogen-bond acceptors (Lipinski definition) is 3. The van der Waals surface area contributed by atoms with Gasteiger partial charge in [-0.3, -0.25) is 14.7 Å². The SMILES string of the molecule is CC(C)=CCN1C(=O)[C@H]2CC[C@@H]1CN(C(=O)c1n[nH]c3c1CCC3)C2. The van der Waals surface area contributed by atoms with E-state index in [1.54, 1.807) is 0 Å². The van der Waals surface area contributed by atoms with Gasteiger partial charge in [-0.05, 0) is 46.0 Å². The average Bonchev–Trinajstić information content (AvgIpc) is 3.08. The summed E-state index contributed by atoms with van der Waals surface area (Å²) in [6, 6.07) is 0.123. The summed E-state index contributed by atoms with van der Waals surface area (Å²) >= 11 is 0. The molecule has 1 aromatic heterocycles. The Morgan fingerprint density at radius 1 is 1.28 bits per heavy atom. The van der Waals surface area contributed by atoms with Crippen LogP contribution in [-0.2, 0) is 17.6 Å². The van der Waals surface area contributed by atoms with Crippen LogP contribution >= 0.6 is 0 Å². The molecule has 1 aliphatic carbocycles. The summed E-state index contributed by atoms with van der Waals surface area (Å²) in [6.07, 6.45) is 6.97. The number of aryl methyl sites for hydroxylation is 1. The van der Waals surface area contributed by atoms with E-state index < -0.39 is 0 Å². The number of carbonyl (C=O) groups is 2. The molecule has 2 bridgehead atoms. The first kappa shape index (κ1) is 16.4. The molecule has 0 radical (unpaired) electrons. The molecule has 0 aromatic carbocycles. The zero-order chi connectivity index (χ0) is 17.6. The van der Waals surface area contributed by atoms with E-state index in [4.69, 9.17) is 0 Å². The predicted octanol–water partition coefficient (Wildman–Crippen LogP) is 1.93. The number of nitrogens with zero attached hydrogens (tertiary/aromatic N) is 3. The molecule has 1 aromatic rings. The number of nitrogens with one attached hydrogen (secondary N) is 1. The third-order valence-corrected chi connectivity index (χ3v) is 5.79. The van der Waals surface area contributed by atoms with E-state index in [9.17, 15) is 9.59 Å². The molecule has 2 amide bonds. The second kappa shape index (κ2) is 6.32. The molecule has 0 unspecified atom stereocenters. The standard InChI is InChI=1S/C19H26N4O2/c1-12(2)8-9-23-14-7-6-13(18(23)24)10-22(11-14)19(25)17-15-4-3-5-16(15)20-21-17/h8,13-14H,3-7,9-11H2,1-2H3,(H,20,21)/t13-,14+/m0/s1. The molecule has 3 aliphatic heterocycles. The minimum absolute atomic E-state index is 0.00633. The number of amides is 2. The third kappa shape index (κ3) is 2.87. The summed E-state index contributed by atoms with van der Waals surface area (Å²) in [7, 11) is 0. The lowest BCUT2D eigenvalue weighted by molar-refractivity contribution is -0.139. The first-order valence-corrected chi connectivity index (χ1v) is 9.34. The molecule has 2 atom stereocenters. The van der Waals surface area contributed by atoms with Crippen molar-refractivity contribution in [2.45, 2.75) is 52.0 Å². The van der Waals surface area contributed by atoms with Crippen LogP contribution in [0.5, 0.6) is 0 Å². The number of aromatic amines is 1. The van der Waals surface area contributed by atoms with Gasteiger partial charge in [0.1, 0.15) is 0 Å². The van der Waals surface area contributed by atoms with Crippen molar-refractivity contribution < 1.29 is 9.59 Å². The fourth-order valence-electron chi connectivity index (χ4n) is 4.37. The van der Waals surface area contributed by atoms with Crippen molar-refractivity contribution in [2.24, 2.45) is 5.92 Å². The minimum Gasteiger partial charge on any atom is -0.334 e. The molecule has 6 heteroatoms. The molecular weight excluding hydrogens is 316 g/mol. The molecule has 6 nitrogen and oxygen atoms in total. The van der Waals surface area contributed by atoms with Gasteiger partial charge < -0.3 is 9.80 Å². The van der Waals surface area contributed by atoms with Gasteiger partial charge in [0.25, 0.3) is 5.91 Å². The number of carbonyl (C=O) groups excluding carboxylic acids is 2. The second-order valence-electron chi connectivity index (χ2n) is 7.79. The molecule has 4 heterocycles. The highest BCUT2D eigenvalue weighted by Gasteiger charge is 2.42. The Balaban J connectivity index is 1.56. The van der Waals surface area contributed by atoms with E-state index >= 15 is 0 Å². The van der Waals surface area contributed by atoms with Gasteiger partial charge in [-0.2, -0.15) is 5.10 Å². The van der Waals surface area contributed by atoms with E-state index in [2.05, 4.69) is 30.1 Å². The van der Waals surface area contributed by atoms with Gasteiger partial charge in [0.15, 0.2) is 5.69 Å². The number of rotatable bonds is 3. The smallest absolute Gasteiger partial charge is 0.274 e. The molecule has 4 aliphatic rings. The molecule has 5 rings (SSSR count). The number of allylic oxidation sites excluding steroid dienone is 1. The van der Waals surface area contributed by atoms with E-state index in [0.29, 0.717) is 25.3 Å². The molecule has 1 N–H and O–H groups in total. The van der Waals surface area contributed by atoms with Gasteiger partial charge in [-0.25, -0.2) is 0 Å². The Bertz CT molecular complexity index is 732. The molecule has 134 valence electrons. The fourth-order valence-corrected chi connectivity index (χ4v) is 4.37. The van der Waals surface area contributed by atoms with Crippen LogP contribution in [0.2, 0.25) is 0 Å². The summed E-state index contributed by atoms with van der Waals surface area (Å²) in [6.45, 7) is 5.91. The number of piperidine rings is 1. The van der Waals surface area contributed by atoms with Gasteiger partial charge in [0, 0.05) is 36.9 Å². The van der Waals surface area contributed by atoms with Crippen molar-refractivity contribution in [3.63, 3.8) is 0 Å². The lowest BCUT2D eigenvalue weighted by Gasteiger charge is -2.35. The van der Waals surface area contributed by atoms with Crippen LogP contribution in [0.1, 0.15) is 54.9 Å². The highest BCUT2D eigenvalue weighted by Crippen LogP contribution is 2.31. The Hall–Kier alpha value is -2.11. The number of H-pyrrole nitrogens is 1. The lowest BCUT2D eigenvalue weighted by atomic mass is 9.94. The Labute approximate surface area is 148 Å².